The standard InChI is InChI=1S/C20H28F2N2O5/c1-6-27-17-15(22)13(18(25)28-7-2)10-14(21)16(17)24-9-8-12(11-24)23-19(26)29-20(3,4)5/h10,12H,6-9,11H2,1-5H3,(H,23,26). The fraction of sp³-hybridized carbons (Fsp3) is 0.600. The molecule has 1 amide bonds. The summed E-state index contributed by atoms with van der Waals surface area (Å²) in [6, 6.07) is 0.520. The van der Waals surface area contributed by atoms with Gasteiger partial charge in [0.1, 0.15) is 16.9 Å². The Balaban J connectivity index is 2.25. The fourth-order valence-corrected chi connectivity index (χ4v) is 3.08. The van der Waals surface area contributed by atoms with Gasteiger partial charge in [0.05, 0.1) is 19.3 Å². The van der Waals surface area contributed by atoms with Crippen molar-refractivity contribution in [2.24, 2.45) is 0 Å². The summed E-state index contributed by atoms with van der Waals surface area (Å²) < 4.78 is 45.1. The molecule has 1 fully saturated rings. The number of alkyl carbamates (subject to hydrolysis) is 1. The molecule has 0 aliphatic carbocycles. The van der Waals surface area contributed by atoms with E-state index in [2.05, 4.69) is 5.32 Å². The molecule has 2 rings (SSSR count). The molecular formula is C20H28F2N2O5. The highest BCUT2D eigenvalue weighted by molar-refractivity contribution is 5.91. The number of anilines is 1. The Morgan fingerprint density at radius 1 is 1.24 bits per heavy atom. The van der Waals surface area contributed by atoms with Crippen LogP contribution in [0.25, 0.3) is 0 Å². The van der Waals surface area contributed by atoms with Crippen LogP contribution in [-0.4, -0.2) is 50.0 Å². The van der Waals surface area contributed by atoms with Crippen LogP contribution in [0.3, 0.4) is 0 Å². The second kappa shape index (κ2) is 9.28. The SMILES string of the molecule is CCOC(=O)c1cc(F)c(N2CCC(NC(=O)OC(C)(C)C)C2)c(OCC)c1F. The van der Waals surface area contributed by atoms with Crippen LogP contribution in [0.2, 0.25) is 0 Å². The molecule has 1 heterocycles. The highest BCUT2D eigenvalue weighted by Gasteiger charge is 2.33. The summed E-state index contributed by atoms with van der Waals surface area (Å²) in [6.07, 6.45) is -0.0513. The third-order valence-electron chi connectivity index (χ3n) is 4.16. The fourth-order valence-electron chi connectivity index (χ4n) is 3.08. The lowest BCUT2D eigenvalue weighted by Gasteiger charge is -2.24. The van der Waals surface area contributed by atoms with E-state index < -0.39 is 34.9 Å². The van der Waals surface area contributed by atoms with E-state index in [1.807, 2.05) is 0 Å². The number of rotatable bonds is 6. The molecule has 0 radical (unpaired) electrons. The predicted molar refractivity (Wildman–Crippen MR) is 103 cm³/mol. The topological polar surface area (TPSA) is 77.1 Å². The summed E-state index contributed by atoms with van der Waals surface area (Å²) in [5, 5.41) is 2.73. The molecule has 7 nitrogen and oxygen atoms in total. The summed E-state index contributed by atoms with van der Waals surface area (Å²) >= 11 is 0. The average Bonchev–Trinajstić information content (AvgIpc) is 3.04. The van der Waals surface area contributed by atoms with Gasteiger partial charge in [0.2, 0.25) is 0 Å². The number of nitrogens with one attached hydrogen (secondary N) is 1. The van der Waals surface area contributed by atoms with Gasteiger partial charge in [0.25, 0.3) is 0 Å². The van der Waals surface area contributed by atoms with Gasteiger partial charge < -0.3 is 24.4 Å². The molecule has 0 saturated carbocycles. The molecule has 1 aromatic rings. The molecule has 1 N–H and O–H groups in total. The maximum Gasteiger partial charge on any atom is 0.407 e. The number of halogens is 2. The zero-order chi connectivity index (χ0) is 21.8. The van der Waals surface area contributed by atoms with Crippen LogP contribution in [0.15, 0.2) is 6.07 Å². The quantitative estimate of drug-likeness (QED) is 0.716. The second-order valence-corrected chi connectivity index (χ2v) is 7.63. The largest absolute Gasteiger partial charge is 0.489 e. The van der Waals surface area contributed by atoms with Crippen LogP contribution in [-0.2, 0) is 9.47 Å². The first-order valence-electron chi connectivity index (χ1n) is 9.63. The number of ether oxygens (including phenoxy) is 3. The molecule has 162 valence electrons. The van der Waals surface area contributed by atoms with Crippen LogP contribution in [0.1, 0.15) is 51.4 Å². The van der Waals surface area contributed by atoms with Gasteiger partial charge >= 0.3 is 12.1 Å². The van der Waals surface area contributed by atoms with E-state index in [9.17, 15) is 18.4 Å². The van der Waals surface area contributed by atoms with Crippen molar-refractivity contribution in [3.05, 3.63) is 23.3 Å². The molecule has 0 spiro atoms. The Bertz CT molecular complexity index is 764. The van der Waals surface area contributed by atoms with Gasteiger partial charge in [0, 0.05) is 13.1 Å². The van der Waals surface area contributed by atoms with E-state index >= 15 is 0 Å². The first-order valence-corrected chi connectivity index (χ1v) is 9.63. The van der Waals surface area contributed by atoms with Crippen molar-refractivity contribution < 1.29 is 32.6 Å². The maximum absolute atomic E-state index is 14.9. The van der Waals surface area contributed by atoms with Gasteiger partial charge in [0.15, 0.2) is 17.4 Å². The number of amides is 1. The van der Waals surface area contributed by atoms with Crippen LogP contribution in [0.4, 0.5) is 19.3 Å². The molecule has 1 saturated heterocycles. The van der Waals surface area contributed by atoms with Gasteiger partial charge in [-0.25, -0.2) is 18.4 Å². The molecular weight excluding hydrogens is 386 g/mol. The van der Waals surface area contributed by atoms with E-state index in [1.54, 1.807) is 39.5 Å². The molecule has 29 heavy (non-hydrogen) atoms. The molecule has 1 aliphatic rings. The zero-order valence-corrected chi connectivity index (χ0v) is 17.4. The Morgan fingerprint density at radius 3 is 2.52 bits per heavy atom. The van der Waals surface area contributed by atoms with Crippen LogP contribution in [0.5, 0.6) is 5.75 Å². The lowest BCUT2D eigenvalue weighted by Crippen LogP contribution is -2.40. The van der Waals surface area contributed by atoms with Gasteiger partial charge in [-0.15, -0.1) is 0 Å². The summed E-state index contributed by atoms with van der Waals surface area (Å²) in [7, 11) is 0. The Kier molecular flexibility index (Phi) is 7.26. The van der Waals surface area contributed by atoms with E-state index in [4.69, 9.17) is 14.2 Å². The minimum atomic E-state index is -0.967. The first kappa shape index (κ1) is 22.7. The Hall–Kier alpha value is -2.58. The maximum atomic E-state index is 14.9. The molecule has 1 atom stereocenters. The van der Waals surface area contributed by atoms with Crippen molar-refractivity contribution in [1.29, 1.82) is 0 Å². The molecule has 1 aromatic carbocycles. The monoisotopic (exact) mass is 414 g/mol. The normalized spacial score (nSPS) is 16.5. The lowest BCUT2D eigenvalue weighted by molar-refractivity contribution is 0.0502. The van der Waals surface area contributed by atoms with Crippen molar-refractivity contribution in [3.8, 4) is 5.75 Å². The van der Waals surface area contributed by atoms with E-state index in [0.29, 0.717) is 13.0 Å². The lowest BCUT2D eigenvalue weighted by atomic mass is 10.1. The van der Waals surface area contributed by atoms with Gasteiger partial charge in [-0.1, -0.05) is 0 Å². The molecule has 0 bridgehead atoms. The van der Waals surface area contributed by atoms with Crippen molar-refractivity contribution in [2.45, 2.75) is 52.7 Å². The van der Waals surface area contributed by atoms with Crippen LogP contribution >= 0.6 is 0 Å². The zero-order valence-electron chi connectivity index (χ0n) is 17.4. The highest BCUT2D eigenvalue weighted by Crippen LogP contribution is 2.38. The Labute approximate surface area is 169 Å². The minimum absolute atomic E-state index is 0.0375. The molecule has 9 heteroatoms. The first-order chi connectivity index (χ1) is 13.6. The van der Waals surface area contributed by atoms with Gasteiger partial charge in [-0.05, 0) is 47.1 Å². The minimum Gasteiger partial charge on any atom is -0.489 e. The number of esters is 1. The smallest absolute Gasteiger partial charge is 0.407 e. The number of carbonyl (C=O) groups is 2. The van der Waals surface area contributed by atoms with Crippen LogP contribution in [0, 0.1) is 11.6 Å². The number of benzene rings is 1. The van der Waals surface area contributed by atoms with Crippen molar-refractivity contribution >= 4 is 17.7 Å². The average molecular weight is 414 g/mol. The number of carbonyl (C=O) groups excluding carboxylic acids is 2. The summed E-state index contributed by atoms with van der Waals surface area (Å²) in [4.78, 5) is 25.5. The van der Waals surface area contributed by atoms with E-state index in [0.717, 1.165) is 6.07 Å². The van der Waals surface area contributed by atoms with Crippen molar-refractivity contribution in [2.75, 3.05) is 31.2 Å². The molecule has 0 aromatic heterocycles. The van der Waals surface area contributed by atoms with Gasteiger partial charge in [-0.3, -0.25) is 0 Å². The van der Waals surface area contributed by atoms with Gasteiger partial charge in [-0.2, -0.15) is 0 Å². The van der Waals surface area contributed by atoms with E-state index in [1.165, 1.54) is 0 Å². The van der Waals surface area contributed by atoms with Crippen molar-refractivity contribution in [3.63, 3.8) is 0 Å². The summed E-state index contributed by atoms with van der Waals surface area (Å²) in [5.74, 6) is -3.06. The van der Waals surface area contributed by atoms with E-state index in [-0.39, 0.29) is 37.2 Å². The van der Waals surface area contributed by atoms with Crippen molar-refractivity contribution in [1.82, 2.24) is 5.32 Å². The molecule has 1 unspecified atom stereocenters. The second-order valence-electron chi connectivity index (χ2n) is 7.63. The predicted octanol–water partition coefficient (Wildman–Crippen LogP) is 3.64. The summed E-state index contributed by atoms with van der Waals surface area (Å²) in [5.41, 5.74) is -1.23. The number of hydrogen-bond donors (Lipinski definition) is 1. The third kappa shape index (κ3) is 5.71. The third-order valence-corrected chi connectivity index (χ3v) is 4.16. The summed E-state index contributed by atoms with van der Waals surface area (Å²) in [6.45, 7) is 9.21. The Morgan fingerprint density at radius 2 is 1.93 bits per heavy atom. The highest BCUT2D eigenvalue weighted by atomic mass is 19.1. The van der Waals surface area contributed by atoms with Crippen LogP contribution < -0.4 is 15.0 Å². The number of hydrogen-bond acceptors (Lipinski definition) is 6. The molecule has 1 aliphatic heterocycles. The number of nitrogens with zero attached hydrogens (tertiary/aromatic N) is 1.